The highest BCUT2D eigenvalue weighted by atomic mass is 32.2. The molecule has 2 aliphatic rings. The van der Waals surface area contributed by atoms with Crippen LogP contribution in [0.3, 0.4) is 0 Å². The van der Waals surface area contributed by atoms with Crippen molar-refractivity contribution < 1.29 is 22.7 Å². The van der Waals surface area contributed by atoms with Crippen LogP contribution in [0.2, 0.25) is 0 Å². The largest absolute Gasteiger partial charge is 0.487 e. The maximum Gasteiger partial charge on any atom is 0.410 e. The summed E-state index contributed by atoms with van der Waals surface area (Å²) in [4.78, 5) is 14.0. The molecule has 0 aliphatic carbocycles. The Morgan fingerprint density at radius 2 is 1.53 bits per heavy atom. The van der Waals surface area contributed by atoms with Gasteiger partial charge < -0.3 is 14.4 Å². The molecule has 0 saturated carbocycles. The van der Waals surface area contributed by atoms with Gasteiger partial charge in [-0.2, -0.15) is 0 Å². The molecule has 5 rings (SSSR count). The summed E-state index contributed by atoms with van der Waals surface area (Å²) in [5.74, 6) is 0.985. The quantitative estimate of drug-likeness (QED) is 0.379. The van der Waals surface area contributed by atoms with Crippen molar-refractivity contribution in [2.45, 2.75) is 62.7 Å². The third-order valence-corrected chi connectivity index (χ3v) is 8.96. The van der Waals surface area contributed by atoms with E-state index in [0.717, 1.165) is 53.7 Å². The first kappa shape index (κ1) is 26.3. The van der Waals surface area contributed by atoms with Crippen molar-refractivity contribution in [1.29, 1.82) is 0 Å². The maximum absolute atomic E-state index is 12.7. The third-order valence-electron chi connectivity index (χ3n) is 7.41. The van der Waals surface area contributed by atoms with Gasteiger partial charge in [0.1, 0.15) is 11.4 Å². The normalized spacial score (nSPS) is 16.7. The van der Waals surface area contributed by atoms with E-state index in [4.69, 9.17) is 9.47 Å². The fourth-order valence-electron chi connectivity index (χ4n) is 5.35. The molecule has 1 amide bonds. The molecule has 0 atom stereocenters. The van der Waals surface area contributed by atoms with Crippen LogP contribution in [-0.2, 0) is 32.5 Å². The average Bonchev–Trinajstić information content (AvgIpc) is 2.89. The number of amides is 1. The Labute approximate surface area is 225 Å². The van der Waals surface area contributed by atoms with E-state index in [9.17, 15) is 13.2 Å². The standard InChI is InChI=1S/C31H35NO5S/c1-23(2)36-30(33)32-18-16-31(17-19-32)15-14-28-20-27(12-13-29(28)37-31)26-10-8-25(9-11-26)22-38(34,35)21-24-6-4-3-5-7-24/h3-13,20,23H,14-19,21-22H2,1-2H3. The summed E-state index contributed by atoms with van der Waals surface area (Å²) in [5.41, 5.74) is 4.69. The van der Waals surface area contributed by atoms with Gasteiger partial charge in [0.2, 0.25) is 0 Å². The van der Waals surface area contributed by atoms with Gasteiger partial charge in [-0.25, -0.2) is 13.2 Å². The van der Waals surface area contributed by atoms with Gasteiger partial charge in [-0.15, -0.1) is 0 Å². The molecule has 2 aliphatic heterocycles. The molecule has 0 bridgehead atoms. The van der Waals surface area contributed by atoms with E-state index in [1.165, 1.54) is 5.56 Å². The number of hydrogen-bond donors (Lipinski definition) is 0. The second kappa shape index (κ2) is 10.8. The zero-order valence-electron chi connectivity index (χ0n) is 22.1. The highest BCUT2D eigenvalue weighted by Gasteiger charge is 2.40. The Morgan fingerprint density at radius 1 is 0.895 bits per heavy atom. The van der Waals surface area contributed by atoms with Crippen molar-refractivity contribution in [1.82, 2.24) is 4.90 Å². The summed E-state index contributed by atoms with van der Waals surface area (Å²) < 4.78 is 37.2. The second-order valence-corrected chi connectivity index (χ2v) is 12.8. The number of rotatable bonds is 6. The van der Waals surface area contributed by atoms with Crippen LogP contribution in [-0.4, -0.2) is 44.2 Å². The molecule has 0 aromatic heterocycles. The molecule has 200 valence electrons. The van der Waals surface area contributed by atoms with E-state index < -0.39 is 9.84 Å². The number of piperidine rings is 1. The van der Waals surface area contributed by atoms with Crippen LogP contribution < -0.4 is 4.74 Å². The smallest absolute Gasteiger partial charge is 0.410 e. The van der Waals surface area contributed by atoms with Crippen LogP contribution in [0.15, 0.2) is 72.8 Å². The van der Waals surface area contributed by atoms with Crippen LogP contribution in [0.5, 0.6) is 5.75 Å². The van der Waals surface area contributed by atoms with Crippen molar-refractivity contribution in [3.63, 3.8) is 0 Å². The van der Waals surface area contributed by atoms with Crippen LogP contribution in [0, 0.1) is 0 Å². The number of aryl methyl sites for hydroxylation is 1. The fourth-order valence-corrected chi connectivity index (χ4v) is 6.86. The third kappa shape index (κ3) is 6.21. The molecule has 3 aromatic rings. The molecule has 1 spiro atoms. The first-order valence-electron chi connectivity index (χ1n) is 13.3. The lowest BCUT2D eigenvalue weighted by Gasteiger charge is -2.44. The minimum absolute atomic E-state index is 0.0227. The van der Waals surface area contributed by atoms with Crippen LogP contribution in [0.4, 0.5) is 4.79 Å². The number of fused-ring (bicyclic) bond motifs is 1. The summed E-state index contributed by atoms with van der Waals surface area (Å²) >= 11 is 0. The van der Waals surface area contributed by atoms with Gasteiger partial charge in [0.25, 0.3) is 0 Å². The Balaban J connectivity index is 1.21. The van der Waals surface area contributed by atoms with Gasteiger partial charge in [0.15, 0.2) is 9.84 Å². The lowest BCUT2D eigenvalue weighted by atomic mass is 9.82. The summed E-state index contributed by atoms with van der Waals surface area (Å²) in [6.45, 7) is 5.02. The number of hydrogen-bond acceptors (Lipinski definition) is 5. The molecule has 0 N–H and O–H groups in total. The second-order valence-electron chi connectivity index (χ2n) is 10.7. The van der Waals surface area contributed by atoms with Gasteiger partial charge in [-0.1, -0.05) is 60.7 Å². The van der Waals surface area contributed by atoms with Crippen LogP contribution >= 0.6 is 0 Å². The Kier molecular flexibility index (Phi) is 7.48. The van der Waals surface area contributed by atoms with Gasteiger partial charge in [0, 0.05) is 25.9 Å². The summed E-state index contributed by atoms with van der Waals surface area (Å²) in [6.07, 6.45) is 3.10. The molecule has 1 saturated heterocycles. The summed E-state index contributed by atoms with van der Waals surface area (Å²) in [6, 6.07) is 23.4. The molecule has 38 heavy (non-hydrogen) atoms. The summed E-state index contributed by atoms with van der Waals surface area (Å²) in [5, 5.41) is 0. The van der Waals surface area contributed by atoms with Crippen molar-refractivity contribution >= 4 is 15.9 Å². The van der Waals surface area contributed by atoms with Gasteiger partial charge in [0.05, 0.1) is 17.6 Å². The molecule has 3 aromatic carbocycles. The first-order valence-corrected chi connectivity index (χ1v) is 15.1. The van der Waals surface area contributed by atoms with E-state index in [0.29, 0.717) is 13.1 Å². The number of benzene rings is 3. The molecule has 2 heterocycles. The van der Waals surface area contributed by atoms with Gasteiger partial charge >= 0.3 is 6.09 Å². The van der Waals surface area contributed by atoms with E-state index in [1.807, 2.05) is 74.5 Å². The fraction of sp³-hybridized carbons (Fsp3) is 0.387. The maximum atomic E-state index is 12.7. The highest BCUT2D eigenvalue weighted by molar-refractivity contribution is 7.89. The number of carbonyl (C=O) groups excluding carboxylic acids is 1. The summed E-state index contributed by atoms with van der Waals surface area (Å²) in [7, 11) is -3.25. The zero-order chi connectivity index (χ0) is 26.8. The Hall–Kier alpha value is -3.32. The Morgan fingerprint density at radius 3 is 2.18 bits per heavy atom. The number of sulfone groups is 1. The minimum atomic E-state index is -3.25. The molecule has 7 heteroatoms. The van der Waals surface area contributed by atoms with Gasteiger partial charge in [-0.3, -0.25) is 0 Å². The molecule has 0 radical (unpaired) electrons. The molecular formula is C31H35NO5S. The Bertz CT molecular complexity index is 1380. The van der Waals surface area contributed by atoms with E-state index in [1.54, 1.807) is 4.90 Å². The highest BCUT2D eigenvalue weighted by Crippen LogP contribution is 2.41. The lowest BCUT2D eigenvalue weighted by Crippen LogP contribution is -2.51. The van der Waals surface area contributed by atoms with E-state index in [-0.39, 0.29) is 29.3 Å². The van der Waals surface area contributed by atoms with Crippen LogP contribution in [0.1, 0.15) is 49.8 Å². The molecule has 6 nitrogen and oxygen atoms in total. The van der Waals surface area contributed by atoms with Gasteiger partial charge in [-0.05, 0) is 66.6 Å². The van der Waals surface area contributed by atoms with Crippen molar-refractivity contribution in [2.75, 3.05) is 13.1 Å². The predicted octanol–water partition coefficient (Wildman–Crippen LogP) is 6.17. The predicted molar refractivity (Wildman–Crippen MR) is 149 cm³/mol. The van der Waals surface area contributed by atoms with Crippen LogP contribution in [0.25, 0.3) is 11.1 Å². The van der Waals surface area contributed by atoms with E-state index in [2.05, 4.69) is 12.1 Å². The monoisotopic (exact) mass is 533 g/mol. The minimum Gasteiger partial charge on any atom is -0.487 e. The lowest BCUT2D eigenvalue weighted by molar-refractivity contribution is -0.0172. The van der Waals surface area contributed by atoms with Crippen molar-refractivity contribution in [3.8, 4) is 16.9 Å². The SMILES string of the molecule is CC(C)OC(=O)N1CCC2(CCc3cc(-c4ccc(CS(=O)(=O)Cc5ccccc5)cc4)ccc3O2)CC1. The topological polar surface area (TPSA) is 72.9 Å². The number of ether oxygens (including phenoxy) is 2. The molecule has 1 fully saturated rings. The van der Waals surface area contributed by atoms with E-state index >= 15 is 0 Å². The molecule has 0 unspecified atom stereocenters. The number of likely N-dealkylation sites (tertiary alicyclic amines) is 1. The zero-order valence-corrected chi connectivity index (χ0v) is 22.9. The number of carbonyl (C=O) groups is 1. The molecular weight excluding hydrogens is 498 g/mol. The van der Waals surface area contributed by atoms with Crippen molar-refractivity contribution in [2.24, 2.45) is 0 Å². The number of nitrogens with zero attached hydrogens (tertiary/aromatic N) is 1. The average molecular weight is 534 g/mol. The first-order chi connectivity index (χ1) is 18.2. The van der Waals surface area contributed by atoms with Crippen molar-refractivity contribution in [3.05, 3.63) is 89.5 Å².